The van der Waals surface area contributed by atoms with Crippen LogP contribution in [0.25, 0.3) is 0 Å². The average molecular weight is 340 g/mol. The molecule has 0 amide bonds. The van der Waals surface area contributed by atoms with Crippen LogP contribution < -0.4 is 10.2 Å². The van der Waals surface area contributed by atoms with E-state index in [0.29, 0.717) is 23.4 Å². The molecule has 2 aromatic rings. The van der Waals surface area contributed by atoms with E-state index in [1.165, 1.54) is 19.3 Å². The average Bonchev–Trinajstić information content (AvgIpc) is 2.61. The van der Waals surface area contributed by atoms with Gasteiger partial charge in [0, 0.05) is 24.3 Å². The number of aryl methyl sites for hydroxylation is 1. The van der Waals surface area contributed by atoms with Gasteiger partial charge in [-0.1, -0.05) is 13.0 Å². The van der Waals surface area contributed by atoms with E-state index >= 15 is 0 Å². The molecule has 132 valence electrons. The van der Waals surface area contributed by atoms with Crippen LogP contribution in [0.4, 0.5) is 17.3 Å². The SMILES string of the molecule is CCC1CCCCN1c1cc(Nc2cccc(C(=O)O)c2)nc(C)n1. The first-order valence-electron chi connectivity index (χ1n) is 8.79. The Morgan fingerprint density at radius 2 is 2.16 bits per heavy atom. The lowest BCUT2D eigenvalue weighted by molar-refractivity contribution is 0.0697. The van der Waals surface area contributed by atoms with E-state index in [-0.39, 0.29) is 5.56 Å². The van der Waals surface area contributed by atoms with Crippen LogP contribution in [0.15, 0.2) is 30.3 Å². The van der Waals surface area contributed by atoms with Gasteiger partial charge < -0.3 is 15.3 Å². The van der Waals surface area contributed by atoms with Gasteiger partial charge in [0.25, 0.3) is 0 Å². The van der Waals surface area contributed by atoms with Gasteiger partial charge in [-0.2, -0.15) is 0 Å². The number of carbonyl (C=O) groups is 1. The summed E-state index contributed by atoms with van der Waals surface area (Å²) in [5.41, 5.74) is 0.952. The summed E-state index contributed by atoms with van der Waals surface area (Å²) < 4.78 is 0. The Labute approximate surface area is 147 Å². The van der Waals surface area contributed by atoms with Crippen molar-refractivity contribution < 1.29 is 9.90 Å². The summed E-state index contributed by atoms with van der Waals surface area (Å²) in [5, 5.41) is 12.3. The fourth-order valence-electron chi connectivity index (χ4n) is 3.37. The van der Waals surface area contributed by atoms with Crippen LogP contribution in [0.3, 0.4) is 0 Å². The minimum Gasteiger partial charge on any atom is -0.478 e. The molecule has 0 bridgehead atoms. The lowest BCUT2D eigenvalue weighted by Crippen LogP contribution is -2.39. The normalized spacial score (nSPS) is 17.4. The van der Waals surface area contributed by atoms with Crippen LogP contribution in [-0.2, 0) is 0 Å². The summed E-state index contributed by atoms with van der Waals surface area (Å²) >= 11 is 0. The van der Waals surface area contributed by atoms with Crippen molar-refractivity contribution >= 4 is 23.3 Å². The third kappa shape index (κ3) is 4.07. The van der Waals surface area contributed by atoms with Crippen molar-refractivity contribution in [1.82, 2.24) is 9.97 Å². The lowest BCUT2D eigenvalue weighted by atomic mass is 10.00. The zero-order chi connectivity index (χ0) is 17.8. The van der Waals surface area contributed by atoms with Crippen molar-refractivity contribution in [3.63, 3.8) is 0 Å². The Bertz CT molecular complexity index is 763. The molecular weight excluding hydrogens is 316 g/mol. The molecule has 1 aromatic heterocycles. The number of hydrogen-bond acceptors (Lipinski definition) is 5. The molecule has 0 spiro atoms. The van der Waals surface area contributed by atoms with Gasteiger partial charge in [-0.25, -0.2) is 14.8 Å². The highest BCUT2D eigenvalue weighted by Gasteiger charge is 2.22. The second-order valence-corrected chi connectivity index (χ2v) is 6.42. The number of nitrogens with zero attached hydrogens (tertiary/aromatic N) is 3. The van der Waals surface area contributed by atoms with E-state index in [1.54, 1.807) is 18.2 Å². The number of anilines is 3. The Morgan fingerprint density at radius 1 is 1.32 bits per heavy atom. The highest BCUT2D eigenvalue weighted by atomic mass is 16.4. The number of rotatable bonds is 5. The molecule has 1 saturated heterocycles. The van der Waals surface area contributed by atoms with Crippen LogP contribution >= 0.6 is 0 Å². The van der Waals surface area contributed by atoms with E-state index in [2.05, 4.69) is 27.1 Å². The van der Waals surface area contributed by atoms with Crippen LogP contribution in [0.5, 0.6) is 0 Å². The summed E-state index contributed by atoms with van der Waals surface area (Å²) in [6.45, 7) is 5.11. The molecule has 0 aliphatic carbocycles. The second kappa shape index (κ2) is 7.51. The smallest absolute Gasteiger partial charge is 0.335 e. The predicted molar refractivity (Wildman–Crippen MR) is 98.7 cm³/mol. The van der Waals surface area contributed by atoms with Crippen molar-refractivity contribution in [2.75, 3.05) is 16.8 Å². The molecular formula is C19H24N4O2. The molecule has 1 fully saturated rings. The molecule has 0 saturated carbocycles. The zero-order valence-corrected chi connectivity index (χ0v) is 14.7. The van der Waals surface area contributed by atoms with E-state index in [0.717, 1.165) is 18.8 Å². The Balaban J connectivity index is 1.86. The Hall–Kier alpha value is -2.63. The summed E-state index contributed by atoms with van der Waals surface area (Å²) in [6, 6.07) is 9.21. The van der Waals surface area contributed by atoms with Crippen molar-refractivity contribution in [3.05, 3.63) is 41.7 Å². The number of piperidine rings is 1. The number of benzene rings is 1. The molecule has 1 aliphatic heterocycles. The second-order valence-electron chi connectivity index (χ2n) is 6.42. The van der Waals surface area contributed by atoms with Gasteiger partial charge in [0.05, 0.1) is 5.56 Å². The first kappa shape index (κ1) is 17.2. The largest absolute Gasteiger partial charge is 0.478 e. The molecule has 1 aliphatic rings. The Morgan fingerprint density at radius 3 is 2.92 bits per heavy atom. The molecule has 2 N–H and O–H groups in total. The molecule has 1 aromatic carbocycles. The number of carboxylic acids is 1. The van der Waals surface area contributed by atoms with Gasteiger partial charge >= 0.3 is 5.97 Å². The summed E-state index contributed by atoms with van der Waals surface area (Å²) in [4.78, 5) is 22.6. The van der Waals surface area contributed by atoms with Gasteiger partial charge in [-0.3, -0.25) is 0 Å². The fraction of sp³-hybridized carbons (Fsp3) is 0.421. The fourth-order valence-corrected chi connectivity index (χ4v) is 3.37. The highest BCUT2D eigenvalue weighted by molar-refractivity contribution is 5.89. The monoisotopic (exact) mass is 340 g/mol. The topological polar surface area (TPSA) is 78.4 Å². The first-order chi connectivity index (χ1) is 12.1. The van der Waals surface area contributed by atoms with Gasteiger partial charge in [-0.15, -0.1) is 0 Å². The number of aromatic nitrogens is 2. The minimum atomic E-state index is -0.942. The Kier molecular flexibility index (Phi) is 5.16. The van der Waals surface area contributed by atoms with E-state index in [9.17, 15) is 4.79 Å². The van der Waals surface area contributed by atoms with Gasteiger partial charge in [0.15, 0.2) is 0 Å². The predicted octanol–water partition coefficient (Wildman–Crippen LogP) is 4.00. The van der Waals surface area contributed by atoms with Gasteiger partial charge in [-0.05, 0) is 50.8 Å². The zero-order valence-electron chi connectivity index (χ0n) is 14.7. The standard InChI is InChI=1S/C19H24N4O2/c1-3-16-9-4-5-10-23(16)18-12-17(20-13(2)21-18)22-15-8-6-7-14(11-15)19(24)25/h6-8,11-12,16H,3-5,9-10H2,1-2H3,(H,24,25)(H,20,21,22). The lowest BCUT2D eigenvalue weighted by Gasteiger charge is -2.36. The van der Waals surface area contributed by atoms with Crippen molar-refractivity contribution in [3.8, 4) is 0 Å². The molecule has 2 heterocycles. The van der Waals surface area contributed by atoms with E-state index < -0.39 is 5.97 Å². The highest BCUT2D eigenvalue weighted by Crippen LogP contribution is 2.27. The van der Waals surface area contributed by atoms with Crippen LogP contribution in [-0.4, -0.2) is 33.6 Å². The number of carboxylic acid groups (broad SMARTS) is 1. The van der Waals surface area contributed by atoms with E-state index in [4.69, 9.17) is 5.11 Å². The molecule has 3 rings (SSSR count). The van der Waals surface area contributed by atoms with Gasteiger partial charge in [0.1, 0.15) is 17.5 Å². The van der Waals surface area contributed by atoms with Crippen LogP contribution in [0.1, 0.15) is 48.8 Å². The maximum absolute atomic E-state index is 11.1. The van der Waals surface area contributed by atoms with E-state index in [1.807, 2.05) is 19.1 Å². The van der Waals surface area contributed by atoms with Crippen LogP contribution in [0.2, 0.25) is 0 Å². The third-order valence-electron chi connectivity index (χ3n) is 4.60. The molecule has 6 nitrogen and oxygen atoms in total. The summed E-state index contributed by atoms with van der Waals surface area (Å²) in [7, 11) is 0. The van der Waals surface area contributed by atoms with Crippen molar-refractivity contribution in [2.45, 2.75) is 45.6 Å². The maximum atomic E-state index is 11.1. The van der Waals surface area contributed by atoms with Crippen molar-refractivity contribution in [1.29, 1.82) is 0 Å². The third-order valence-corrected chi connectivity index (χ3v) is 4.60. The summed E-state index contributed by atoms with van der Waals surface area (Å²) in [6.07, 6.45) is 4.75. The quantitative estimate of drug-likeness (QED) is 0.857. The molecule has 1 atom stereocenters. The maximum Gasteiger partial charge on any atom is 0.335 e. The molecule has 6 heteroatoms. The molecule has 25 heavy (non-hydrogen) atoms. The molecule has 0 radical (unpaired) electrons. The number of hydrogen-bond donors (Lipinski definition) is 2. The molecule has 1 unspecified atom stereocenters. The first-order valence-corrected chi connectivity index (χ1v) is 8.79. The number of aromatic carboxylic acids is 1. The van der Waals surface area contributed by atoms with Crippen molar-refractivity contribution in [2.24, 2.45) is 0 Å². The summed E-state index contributed by atoms with van der Waals surface area (Å²) in [5.74, 6) is 1.39. The minimum absolute atomic E-state index is 0.248. The van der Waals surface area contributed by atoms with Gasteiger partial charge in [0.2, 0.25) is 0 Å². The number of nitrogens with one attached hydrogen (secondary N) is 1. The van der Waals surface area contributed by atoms with Crippen LogP contribution in [0, 0.1) is 6.92 Å².